The zero-order valence-electron chi connectivity index (χ0n) is 11.1. The van der Waals surface area contributed by atoms with Crippen molar-refractivity contribution in [3.63, 3.8) is 0 Å². The van der Waals surface area contributed by atoms with E-state index in [1.54, 1.807) is 22.5 Å². The van der Waals surface area contributed by atoms with Gasteiger partial charge in [-0.3, -0.25) is 4.68 Å². The minimum atomic E-state index is -0.951. The Kier molecular flexibility index (Phi) is 3.95. The molecule has 4 nitrogen and oxygen atoms in total. The van der Waals surface area contributed by atoms with Crippen molar-refractivity contribution in [1.29, 1.82) is 0 Å². The van der Waals surface area contributed by atoms with Crippen molar-refractivity contribution in [2.75, 3.05) is 6.26 Å². The van der Waals surface area contributed by atoms with Gasteiger partial charge in [0.15, 0.2) is 0 Å². The topological polar surface area (TPSA) is 55.1 Å². The van der Waals surface area contributed by atoms with Gasteiger partial charge in [-0.15, -0.1) is 11.8 Å². The molecule has 19 heavy (non-hydrogen) atoms. The molecule has 0 radical (unpaired) electrons. The van der Waals surface area contributed by atoms with Crippen LogP contribution in [0.25, 0.3) is 11.3 Å². The van der Waals surface area contributed by atoms with Gasteiger partial charge in [0.25, 0.3) is 0 Å². The molecule has 0 atom stereocenters. The van der Waals surface area contributed by atoms with Crippen molar-refractivity contribution in [3.8, 4) is 11.3 Å². The fraction of sp³-hybridized carbons (Fsp3) is 0.286. The van der Waals surface area contributed by atoms with Crippen LogP contribution < -0.4 is 0 Å². The predicted octanol–water partition coefficient (Wildman–Crippen LogP) is 3.55. The number of hydrogen-bond acceptors (Lipinski definition) is 3. The Hall–Kier alpha value is -1.75. The van der Waals surface area contributed by atoms with Crippen LogP contribution in [0.15, 0.2) is 35.2 Å². The van der Waals surface area contributed by atoms with Gasteiger partial charge in [-0.05, 0) is 38.3 Å². The molecule has 0 spiro atoms. The molecule has 5 heteroatoms. The molecule has 0 unspecified atom stereocenters. The van der Waals surface area contributed by atoms with Gasteiger partial charge in [0.05, 0.1) is 5.69 Å². The summed E-state index contributed by atoms with van der Waals surface area (Å²) in [6, 6.07) is 9.58. The maximum absolute atomic E-state index is 11.2. The number of carboxylic acids is 1. The molecule has 1 heterocycles. The Morgan fingerprint density at radius 2 is 1.95 bits per heavy atom. The van der Waals surface area contributed by atoms with Gasteiger partial charge in [-0.2, -0.15) is 5.10 Å². The number of benzene rings is 1. The number of thioether (sulfide) groups is 1. The third-order valence-electron chi connectivity index (χ3n) is 2.83. The van der Waals surface area contributed by atoms with Crippen LogP contribution in [0.3, 0.4) is 0 Å². The summed E-state index contributed by atoms with van der Waals surface area (Å²) in [6.07, 6.45) is 2.02. The van der Waals surface area contributed by atoms with E-state index in [1.165, 1.54) is 4.90 Å². The van der Waals surface area contributed by atoms with Crippen LogP contribution in [0.4, 0.5) is 0 Å². The number of aromatic nitrogens is 2. The Bertz CT molecular complexity index is 588. The number of carbonyl (C=O) groups is 1. The lowest BCUT2D eigenvalue weighted by Crippen LogP contribution is -2.11. The molecule has 0 bridgehead atoms. The van der Waals surface area contributed by atoms with Crippen molar-refractivity contribution in [3.05, 3.63) is 36.0 Å². The molecule has 0 amide bonds. The Morgan fingerprint density at radius 1 is 1.32 bits per heavy atom. The van der Waals surface area contributed by atoms with Crippen LogP contribution in [0.1, 0.15) is 30.4 Å². The Balaban J connectivity index is 2.44. The van der Waals surface area contributed by atoms with Gasteiger partial charge in [0.2, 0.25) is 0 Å². The molecule has 100 valence electrons. The lowest BCUT2D eigenvalue weighted by atomic mass is 10.1. The summed E-state index contributed by atoms with van der Waals surface area (Å²) >= 11 is 1.67. The van der Waals surface area contributed by atoms with E-state index in [4.69, 9.17) is 0 Å². The maximum Gasteiger partial charge on any atom is 0.354 e. The van der Waals surface area contributed by atoms with Gasteiger partial charge in [-0.1, -0.05) is 12.1 Å². The molecule has 0 saturated carbocycles. The number of nitrogens with zero attached hydrogens (tertiary/aromatic N) is 2. The van der Waals surface area contributed by atoms with Crippen LogP contribution in [0.5, 0.6) is 0 Å². The zero-order valence-corrected chi connectivity index (χ0v) is 11.9. The van der Waals surface area contributed by atoms with Crippen LogP contribution >= 0.6 is 11.8 Å². The van der Waals surface area contributed by atoms with E-state index in [0.29, 0.717) is 5.69 Å². The highest BCUT2D eigenvalue weighted by Gasteiger charge is 2.16. The average molecular weight is 276 g/mol. The fourth-order valence-corrected chi connectivity index (χ4v) is 2.26. The van der Waals surface area contributed by atoms with E-state index in [0.717, 1.165) is 5.56 Å². The first-order valence-corrected chi connectivity index (χ1v) is 7.22. The number of hydrogen-bond donors (Lipinski definition) is 1. The first kappa shape index (κ1) is 13.7. The monoisotopic (exact) mass is 276 g/mol. The summed E-state index contributed by atoms with van der Waals surface area (Å²) in [5.41, 5.74) is 1.84. The van der Waals surface area contributed by atoms with E-state index in [2.05, 4.69) is 5.10 Å². The van der Waals surface area contributed by atoms with Crippen molar-refractivity contribution in [2.45, 2.75) is 24.8 Å². The van der Waals surface area contributed by atoms with E-state index in [9.17, 15) is 9.90 Å². The molecule has 0 saturated heterocycles. The normalized spacial score (nSPS) is 10.9. The number of aromatic carboxylic acids is 1. The summed E-state index contributed by atoms with van der Waals surface area (Å²) in [5.74, 6) is -0.951. The van der Waals surface area contributed by atoms with Gasteiger partial charge in [0.1, 0.15) is 5.69 Å². The highest BCUT2D eigenvalue weighted by atomic mass is 32.2. The lowest BCUT2D eigenvalue weighted by molar-refractivity contribution is 0.0681. The standard InChI is InChI=1S/C14H16N2O2S/c1-9(2)16-13(14(17)18)8-12(15-16)10-4-6-11(19-3)7-5-10/h4-9H,1-3H3,(H,17,18). The van der Waals surface area contributed by atoms with Gasteiger partial charge >= 0.3 is 5.97 Å². The van der Waals surface area contributed by atoms with E-state index < -0.39 is 5.97 Å². The largest absolute Gasteiger partial charge is 0.477 e. The summed E-state index contributed by atoms with van der Waals surface area (Å²) < 4.78 is 1.54. The first-order valence-electron chi connectivity index (χ1n) is 6.00. The molecule has 1 aromatic carbocycles. The lowest BCUT2D eigenvalue weighted by Gasteiger charge is -2.07. The Morgan fingerprint density at radius 3 is 2.37 bits per heavy atom. The van der Waals surface area contributed by atoms with Crippen LogP contribution in [-0.4, -0.2) is 27.1 Å². The molecule has 0 aliphatic carbocycles. The molecular weight excluding hydrogens is 260 g/mol. The summed E-state index contributed by atoms with van der Waals surface area (Å²) in [6.45, 7) is 3.83. The maximum atomic E-state index is 11.2. The zero-order chi connectivity index (χ0) is 14.0. The minimum Gasteiger partial charge on any atom is -0.477 e. The minimum absolute atomic E-state index is 0.0188. The van der Waals surface area contributed by atoms with Crippen molar-refractivity contribution < 1.29 is 9.90 Å². The predicted molar refractivity (Wildman–Crippen MR) is 76.8 cm³/mol. The summed E-state index contributed by atoms with van der Waals surface area (Å²) in [7, 11) is 0. The molecule has 0 fully saturated rings. The van der Waals surface area contributed by atoms with Gasteiger partial charge in [-0.25, -0.2) is 4.79 Å². The summed E-state index contributed by atoms with van der Waals surface area (Å²) in [4.78, 5) is 12.4. The number of rotatable bonds is 4. The number of carboxylic acid groups (broad SMARTS) is 1. The molecule has 0 aliphatic heterocycles. The molecule has 0 aliphatic rings. The third kappa shape index (κ3) is 2.81. The SMILES string of the molecule is CSc1ccc(-c2cc(C(=O)O)n(C(C)C)n2)cc1. The van der Waals surface area contributed by atoms with Crippen LogP contribution in [-0.2, 0) is 0 Å². The van der Waals surface area contributed by atoms with Gasteiger partial charge in [0, 0.05) is 16.5 Å². The molecule has 2 aromatic rings. The molecule has 1 aromatic heterocycles. The van der Waals surface area contributed by atoms with Gasteiger partial charge < -0.3 is 5.11 Å². The molecule has 2 rings (SSSR count). The second-order valence-electron chi connectivity index (χ2n) is 4.49. The van der Waals surface area contributed by atoms with Crippen molar-refractivity contribution in [2.24, 2.45) is 0 Å². The van der Waals surface area contributed by atoms with Crippen LogP contribution in [0.2, 0.25) is 0 Å². The average Bonchev–Trinajstić information content (AvgIpc) is 2.84. The van der Waals surface area contributed by atoms with Crippen molar-refractivity contribution in [1.82, 2.24) is 9.78 Å². The van der Waals surface area contributed by atoms with Crippen LogP contribution in [0, 0.1) is 0 Å². The highest BCUT2D eigenvalue weighted by molar-refractivity contribution is 7.98. The van der Waals surface area contributed by atoms with E-state index in [-0.39, 0.29) is 11.7 Å². The Labute approximate surface area is 116 Å². The quantitative estimate of drug-likeness (QED) is 0.868. The fourth-order valence-electron chi connectivity index (χ4n) is 1.85. The molecular formula is C14H16N2O2S. The summed E-state index contributed by atoms with van der Waals surface area (Å²) in [5, 5.41) is 13.6. The van der Waals surface area contributed by atoms with E-state index >= 15 is 0 Å². The first-order chi connectivity index (χ1) is 9.02. The van der Waals surface area contributed by atoms with E-state index in [1.807, 2.05) is 44.4 Å². The molecule has 1 N–H and O–H groups in total. The van der Waals surface area contributed by atoms with Crippen molar-refractivity contribution >= 4 is 17.7 Å². The second-order valence-corrected chi connectivity index (χ2v) is 5.37. The smallest absolute Gasteiger partial charge is 0.354 e. The highest BCUT2D eigenvalue weighted by Crippen LogP contribution is 2.24. The second kappa shape index (κ2) is 5.48. The third-order valence-corrected chi connectivity index (χ3v) is 3.57.